The largest absolute Gasteiger partial charge is 0.310 e. The fourth-order valence-corrected chi connectivity index (χ4v) is 9.69. The number of hydrogen-bond donors (Lipinski definition) is 0. The Morgan fingerprint density at radius 3 is 1.48 bits per heavy atom. The Bertz CT molecular complexity index is 3190. The molecule has 60 heavy (non-hydrogen) atoms. The van der Waals surface area contributed by atoms with E-state index in [9.17, 15) is 0 Å². The number of anilines is 3. The zero-order chi connectivity index (χ0) is 40.2. The van der Waals surface area contributed by atoms with E-state index in [1.165, 1.54) is 94.0 Å². The van der Waals surface area contributed by atoms with Crippen LogP contribution in [0.5, 0.6) is 0 Å². The van der Waals surface area contributed by atoms with Gasteiger partial charge in [0.2, 0.25) is 0 Å². The zero-order valence-corrected chi connectivity index (χ0v) is 33.8. The minimum Gasteiger partial charge on any atom is -0.310 e. The fourth-order valence-electron chi connectivity index (χ4n) is 9.69. The van der Waals surface area contributed by atoms with Crippen LogP contribution in [0.1, 0.15) is 25.0 Å². The normalized spacial score (nSPS) is 12.6. The maximum atomic E-state index is 2.47. The van der Waals surface area contributed by atoms with Crippen LogP contribution in [0.15, 0.2) is 224 Å². The molecule has 10 aromatic rings. The van der Waals surface area contributed by atoms with Crippen LogP contribution < -0.4 is 4.90 Å². The van der Waals surface area contributed by atoms with Crippen LogP contribution in [-0.4, -0.2) is 0 Å². The number of hydrogen-bond acceptors (Lipinski definition) is 1. The van der Waals surface area contributed by atoms with Gasteiger partial charge in [-0.15, -0.1) is 0 Å². The number of nitrogens with zero attached hydrogens (tertiary/aromatic N) is 1. The Morgan fingerprint density at radius 2 is 0.817 bits per heavy atom. The molecule has 11 rings (SSSR count). The Kier molecular flexibility index (Phi) is 8.57. The van der Waals surface area contributed by atoms with Gasteiger partial charge in [0.1, 0.15) is 0 Å². The maximum absolute atomic E-state index is 2.47. The van der Waals surface area contributed by atoms with Gasteiger partial charge in [0.05, 0.1) is 5.69 Å². The average Bonchev–Trinajstić information content (AvgIpc) is 3.56. The molecule has 0 saturated heterocycles. The molecule has 0 radical (unpaired) electrons. The zero-order valence-electron chi connectivity index (χ0n) is 33.8. The van der Waals surface area contributed by atoms with E-state index in [1.807, 2.05) is 0 Å². The molecule has 0 aliphatic heterocycles. The van der Waals surface area contributed by atoms with Crippen molar-refractivity contribution >= 4 is 38.6 Å². The summed E-state index contributed by atoms with van der Waals surface area (Å²) in [5.74, 6) is 0. The SMILES string of the molecule is CC1(C)c2cccc(N(c3ccc(-c4cccc(-c5ccccc5)c4)cc3)c3ccc(-c4cccc5cccc(-c6ccccc6)c45)cc3)c2-c2c1ccc1ccccc21. The molecule has 1 nitrogen and oxygen atoms in total. The summed E-state index contributed by atoms with van der Waals surface area (Å²) in [5, 5.41) is 5.07. The third-order valence-electron chi connectivity index (χ3n) is 12.7. The fraction of sp³-hybridized carbons (Fsp3) is 0.0508. The second kappa shape index (κ2) is 14.4. The molecule has 1 aliphatic rings. The molecule has 0 unspecified atom stereocenters. The molecule has 1 heteroatoms. The van der Waals surface area contributed by atoms with E-state index in [-0.39, 0.29) is 5.41 Å². The molecule has 10 aromatic carbocycles. The first kappa shape index (κ1) is 35.7. The quantitative estimate of drug-likeness (QED) is 0.156. The van der Waals surface area contributed by atoms with Gasteiger partial charge in [0.15, 0.2) is 0 Å². The molecule has 0 N–H and O–H groups in total. The van der Waals surface area contributed by atoms with Gasteiger partial charge in [0.25, 0.3) is 0 Å². The van der Waals surface area contributed by atoms with Gasteiger partial charge in [-0.3, -0.25) is 0 Å². The summed E-state index contributed by atoms with van der Waals surface area (Å²) in [6, 6.07) is 82.3. The predicted octanol–water partition coefficient (Wildman–Crippen LogP) is 16.4. The van der Waals surface area contributed by atoms with Crippen molar-refractivity contribution in [1.82, 2.24) is 0 Å². The van der Waals surface area contributed by atoms with E-state index in [0.29, 0.717) is 0 Å². The lowest BCUT2D eigenvalue weighted by molar-refractivity contribution is 0.661. The molecule has 0 spiro atoms. The lowest BCUT2D eigenvalue weighted by atomic mass is 9.82. The summed E-state index contributed by atoms with van der Waals surface area (Å²) < 4.78 is 0. The van der Waals surface area contributed by atoms with Gasteiger partial charge < -0.3 is 4.90 Å². The average molecular weight is 766 g/mol. The van der Waals surface area contributed by atoms with E-state index in [2.05, 4.69) is 243 Å². The minimum absolute atomic E-state index is 0.154. The Labute approximate surface area is 352 Å². The number of rotatable bonds is 7. The summed E-state index contributed by atoms with van der Waals surface area (Å²) in [5.41, 5.74) is 18.3. The smallest absolute Gasteiger partial charge is 0.0543 e. The first-order valence-corrected chi connectivity index (χ1v) is 20.9. The van der Waals surface area contributed by atoms with Crippen molar-refractivity contribution in [3.8, 4) is 55.6 Å². The van der Waals surface area contributed by atoms with Crippen molar-refractivity contribution in [2.45, 2.75) is 19.3 Å². The highest BCUT2D eigenvalue weighted by molar-refractivity contribution is 6.08. The molecule has 1 aliphatic carbocycles. The monoisotopic (exact) mass is 765 g/mol. The standard InChI is InChI=1S/C59H43N/c1-59(2)53-27-14-28-55(58(53)57-52-24-10-9-19-43(52)33-38-54(57)59)60(48-34-29-41(30-35-48)47-23-11-22-46(39-47)40-15-5-3-6-16-40)49-36-31-44(32-37-49)51-26-13-21-45-20-12-25-50(56(45)51)42-17-7-4-8-18-42/h3-39H,1-2H3. The first-order chi connectivity index (χ1) is 29.5. The molecule has 0 heterocycles. The van der Waals surface area contributed by atoms with E-state index >= 15 is 0 Å². The minimum atomic E-state index is -0.154. The third-order valence-corrected chi connectivity index (χ3v) is 12.7. The van der Waals surface area contributed by atoms with E-state index < -0.39 is 0 Å². The second-order valence-corrected chi connectivity index (χ2v) is 16.5. The van der Waals surface area contributed by atoms with Crippen LogP contribution in [0.3, 0.4) is 0 Å². The van der Waals surface area contributed by atoms with Gasteiger partial charge in [-0.2, -0.15) is 0 Å². The topological polar surface area (TPSA) is 3.24 Å². The van der Waals surface area contributed by atoms with Crippen molar-refractivity contribution in [2.75, 3.05) is 4.90 Å². The molecular weight excluding hydrogens is 723 g/mol. The summed E-state index contributed by atoms with van der Waals surface area (Å²) >= 11 is 0. The molecule has 0 atom stereocenters. The number of fused-ring (bicyclic) bond motifs is 6. The van der Waals surface area contributed by atoms with Crippen LogP contribution >= 0.6 is 0 Å². The molecular formula is C59H43N. The van der Waals surface area contributed by atoms with E-state index in [0.717, 1.165) is 11.4 Å². The van der Waals surface area contributed by atoms with Crippen LogP contribution in [0.4, 0.5) is 17.1 Å². The van der Waals surface area contributed by atoms with Crippen LogP contribution in [0.2, 0.25) is 0 Å². The van der Waals surface area contributed by atoms with Crippen molar-refractivity contribution in [3.63, 3.8) is 0 Å². The molecule has 0 amide bonds. The van der Waals surface area contributed by atoms with Crippen molar-refractivity contribution in [1.29, 1.82) is 0 Å². The van der Waals surface area contributed by atoms with Crippen molar-refractivity contribution < 1.29 is 0 Å². The molecule has 0 bridgehead atoms. The van der Waals surface area contributed by atoms with Gasteiger partial charge in [-0.05, 0) is 119 Å². The molecule has 284 valence electrons. The van der Waals surface area contributed by atoms with Crippen LogP contribution in [0.25, 0.3) is 77.2 Å². The highest BCUT2D eigenvalue weighted by Crippen LogP contribution is 2.56. The lowest BCUT2D eigenvalue weighted by Gasteiger charge is -2.29. The second-order valence-electron chi connectivity index (χ2n) is 16.5. The molecule has 0 saturated carbocycles. The highest BCUT2D eigenvalue weighted by Gasteiger charge is 2.39. The summed E-state index contributed by atoms with van der Waals surface area (Å²) in [6.45, 7) is 4.75. The van der Waals surface area contributed by atoms with Crippen molar-refractivity contribution in [3.05, 3.63) is 236 Å². The maximum Gasteiger partial charge on any atom is 0.0543 e. The molecule has 0 aromatic heterocycles. The number of benzene rings is 10. The van der Waals surface area contributed by atoms with Gasteiger partial charge >= 0.3 is 0 Å². The Balaban J connectivity index is 1.08. The summed E-state index contributed by atoms with van der Waals surface area (Å²) in [7, 11) is 0. The van der Waals surface area contributed by atoms with Gasteiger partial charge in [-0.1, -0.05) is 202 Å². The van der Waals surface area contributed by atoms with Crippen LogP contribution in [-0.2, 0) is 5.41 Å². The van der Waals surface area contributed by atoms with Crippen molar-refractivity contribution in [2.24, 2.45) is 0 Å². The molecule has 0 fully saturated rings. The third kappa shape index (κ3) is 5.93. The van der Waals surface area contributed by atoms with Gasteiger partial charge in [0, 0.05) is 22.4 Å². The van der Waals surface area contributed by atoms with Gasteiger partial charge in [-0.25, -0.2) is 0 Å². The van der Waals surface area contributed by atoms with E-state index in [4.69, 9.17) is 0 Å². The lowest BCUT2D eigenvalue weighted by Crippen LogP contribution is -2.16. The van der Waals surface area contributed by atoms with E-state index in [1.54, 1.807) is 0 Å². The Hall–Kier alpha value is -7.48. The van der Waals surface area contributed by atoms with Crippen LogP contribution in [0, 0.1) is 0 Å². The summed E-state index contributed by atoms with van der Waals surface area (Å²) in [4.78, 5) is 2.47. The predicted molar refractivity (Wildman–Crippen MR) is 255 cm³/mol. The Morgan fingerprint density at radius 1 is 0.333 bits per heavy atom. The highest BCUT2D eigenvalue weighted by atomic mass is 15.1. The first-order valence-electron chi connectivity index (χ1n) is 20.9. The summed E-state index contributed by atoms with van der Waals surface area (Å²) in [6.07, 6.45) is 0.